The van der Waals surface area contributed by atoms with E-state index in [0.29, 0.717) is 5.92 Å². The Balaban J connectivity index is 2.54. The number of rotatable bonds is 2. The van der Waals surface area contributed by atoms with Gasteiger partial charge in [0.1, 0.15) is 0 Å². The van der Waals surface area contributed by atoms with Crippen LogP contribution in [0.15, 0.2) is 18.5 Å². The molecule has 0 aliphatic heterocycles. The van der Waals surface area contributed by atoms with Crippen molar-refractivity contribution >= 4 is 5.65 Å². The second kappa shape index (κ2) is 3.40. The topological polar surface area (TPSA) is 30.2 Å². The van der Waals surface area contributed by atoms with Gasteiger partial charge in [0.25, 0.3) is 0 Å². The molecular weight excluding hydrogens is 174 g/mol. The van der Waals surface area contributed by atoms with Crippen molar-refractivity contribution in [1.29, 1.82) is 0 Å². The normalized spacial score (nSPS) is 11.4. The first-order chi connectivity index (χ1) is 6.70. The quantitative estimate of drug-likeness (QED) is 0.726. The molecule has 0 bridgehead atoms. The molecule has 2 aromatic rings. The van der Waals surface area contributed by atoms with Gasteiger partial charge in [-0.2, -0.15) is 5.10 Å². The van der Waals surface area contributed by atoms with Gasteiger partial charge < -0.3 is 0 Å². The van der Waals surface area contributed by atoms with E-state index in [1.54, 1.807) is 0 Å². The second-order valence-corrected chi connectivity index (χ2v) is 3.83. The summed E-state index contributed by atoms with van der Waals surface area (Å²) >= 11 is 0. The van der Waals surface area contributed by atoms with Gasteiger partial charge >= 0.3 is 0 Å². The molecule has 0 radical (unpaired) electrons. The van der Waals surface area contributed by atoms with E-state index in [1.807, 2.05) is 16.9 Å². The summed E-state index contributed by atoms with van der Waals surface area (Å²) < 4.78 is 1.84. The fourth-order valence-electron chi connectivity index (χ4n) is 1.43. The van der Waals surface area contributed by atoms with E-state index in [1.165, 1.54) is 5.56 Å². The monoisotopic (exact) mass is 189 g/mol. The smallest absolute Gasteiger partial charge is 0.154 e. The highest BCUT2D eigenvalue weighted by Crippen LogP contribution is 2.14. The number of aryl methyl sites for hydroxylation is 1. The summed E-state index contributed by atoms with van der Waals surface area (Å²) in [6, 6.07) is 2.11. The van der Waals surface area contributed by atoms with E-state index in [0.717, 1.165) is 17.8 Å². The summed E-state index contributed by atoms with van der Waals surface area (Å²) in [7, 11) is 0. The Bertz CT molecular complexity index is 443. The predicted molar refractivity (Wildman–Crippen MR) is 56.5 cm³/mol. The standard InChI is InChI=1S/C11H15N3/c1-4-10-7-14-11(13-10)5-9(6-12-14)8(2)3/h5-8H,4H2,1-3H3. The lowest BCUT2D eigenvalue weighted by Gasteiger charge is -2.03. The van der Waals surface area contributed by atoms with Crippen molar-refractivity contribution in [2.75, 3.05) is 0 Å². The Morgan fingerprint density at radius 3 is 2.86 bits per heavy atom. The SMILES string of the molecule is CCc1cn2ncc(C(C)C)cc2n1. The van der Waals surface area contributed by atoms with Crippen LogP contribution < -0.4 is 0 Å². The van der Waals surface area contributed by atoms with Gasteiger partial charge in [-0.05, 0) is 24.0 Å². The molecule has 0 N–H and O–H groups in total. The lowest BCUT2D eigenvalue weighted by Crippen LogP contribution is -1.94. The van der Waals surface area contributed by atoms with Gasteiger partial charge in [0.15, 0.2) is 5.65 Å². The fourth-order valence-corrected chi connectivity index (χ4v) is 1.43. The Hall–Kier alpha value is -1.38. The zero-order chi connectivity index (χ0) is 10.1. The van der Waals surface area contributed by atoms with Gasteiger partial charge in [-0.1, -0.05) is 20.8 Å². The second-order valence-electron chi connectivity index (χ2n) is 3.83. The minimum absolute atomic E-state index is 0.509. The van der Waals surface area contributed by atoms with Crippen LogP contribution in [0.2, 0.25) is 0 Å². The van der Waals surface area contributed by atoms with Gasteiger partial charge in [-0.15, -0.1) is 0 Å². The van der Waals surface area contributed by atoms with Crippen LogP contribution in [-0.4, -0.2) is 14.6 Å². The van der Waals surface area contributed by atoms with Crippen molar-refractivity contribution in [1.82, 2.24) is 14.6 Å². The largest absolute Gasteiger partial charge is 0.232 e. The minimum Gasteiger partial charge on any atom is -0.232 e. The molecule has 0 unspecified atom stereocenters. The number of nitrogens with zero attached hydrogens (tertiary/aromatic N) is 3. The number of imidazole rings is 1. The summed E-state index contributed by atoms with van der Waals surface area (Å²) in [5, 5.41) is 4.33. The number of fused-ring (bicyclic) bond motifs is 1. The molecule has 0 aliphatic rings. The molecule has 2 rings (SSSR count). The van der Waals surface area contributed by atoms with Crippen LogP contribution in [0, 0.1) is 0 Å². The molecule has 0 aromatic carbocycles. The maximum atomic E-state index is 4.47. The first-order valence-corrected chi connectivity index (χ1v) is 5.05. The summed E-state index contributed by atoms with van der Waals surface area (Å²) in [6.45, 7) is 6.43. The zero-order valence-electron chi connectivity index (χ0n) is 8.86. The molecule has 0 atom stereocenters. The molecule has 0 spiro atoms. The average Bonchev–Trinajstić information content (AvgIpc) is 2.58. The minimum atomic E-state index is 0.509. The summed E-state index contributed by atoms with van der Waals surface area (Å²) in [5.74, 6) is 0.509. The van der Waals surface area contributed by atoms with Gasteiger partial charge in [-0.3, -0.25) is 0 Å². The summed E-state index contributed by atoms with van der Waals surface area (Å²) in [5.41, 5.74) is 3.29. The number of aromatic nitrogens is 3. The van der Waals surface area contributed by atoms with E-state index in [2.05, 4.69) is 36.9 Å². The molecule has 0 fully saturated rings. The highest BCUT2D eigenvalue weighted by Gasteiger charge is 2.04. The highest BCUT2D eigenvalue weighted by molar-refractivity contribution is 5.41. The van der Waals surface area contributed by atoms with Gasteiger partial charge in [0.2, 0.25) is 0 Å². The molecule has 74 valence electrons. The van der Waals surface area contributed by atoms with E-state index in [9.17, 15) is 0 Å². The Labute approximate surface area is 83.8 Å². The van der Waals surface area contributed by atoms with Crippen LogP contribution in [0.25, 0.3) is 5.65 Å². The molecule has 0 amide bonds. The molecular formula is C11H15N3. The van der Waals surface area contributed by atoms with Gasteiger partial charge in [-0.25, -0.2) is 9.50 Å². The zero-order valence-corrected chi connectivity index (χ0v) is 8.86. The lowest BCUT2D eigenvalue weighted by molar-refractivity contribution is 0.828. The van der Waals surface area contributed by atoms with Crippen molar-refractivity contribution in [2.24, 2.45) is 0 Å². The van der Waals surface area contributed by atoms with Gasteiger partial charge in [0, 0.05) is 0 Å². The Morgan fingerprint density at radius 1 is 1.43 bits per heavy atom. The number of hydrogen-bond donors (Lipinski definition) is 0. The molecule has 14 heavy (non-hydrogen) atoms. The first kappa shape index (κ1) is 9.19. The van der Waals surface area contributed by atoms with E-state index in [-0.39, 0.29) is 0 Å². The van der Waals surface area contributed by atoms with Crippen molar-refractivity contribution in [3.8, 4) is 0 Å². The summed E-state index contributed by atoms with van der Waals surface area (Å²) in [6.07, 6.45) is 4.86. The molecule has 0 aliphatic carbocycles. The predicted octanol–water partition coefficient (Wildman–Crippen LogP) is 2.42. The summed E-state index contributed by atoms with van der Waals surface area (Å²) in [4.78, 5) is 4.47. The van der Waals surface area contributed by atoms with Gasteiger partial charge in [0.05, 0.1) is 18.1 Å². The third kappa shape index (κ3) is 1.50. The number of hydrogen-bond acceptors (Lipinski definition) is 2. The first-order valence-electron chi connectivity index (χ1n) is 5.05. The third-order valence-corrected chi connectivity index (χ3v) is 2.42. The highest BCUT2D eigenvalue weighted by atomic mass is 15.2. The Morgan fingerprint density at radius 2 is 2.21 bits per heavy atom. The van der Waals surface area contributed by atoms with E-state index < -0.39 is 0 Å². The molecule has 2 aromatic heterocycles. The molecule has 3 heteroatoms. The van der Waals surface area contributed by atoms with Crippen LogP contribution in [-0.2, 0) is 6.42 Å². The fraction of sp³-hybridized carbons (Fsp3) is 0.455. The van der Waals surface area contributed by atoms with Crippen molar-refractivity contribution in [3.05, 3.63) is 29.7 Å². The third-order valence-electron chi connectivity index (χ3n) is 2.42. The van der Waals surface area contributed by atoms with Crippen LogP contribution in [0.1, 0.15) is 37.9 Å². The average molecular weight is 189 g/mol. The van der Waals surface area contributed by atoms with Crippen molar-refractivity contribution < 1.29 is 0 Å². The van der Waals surface area contributed by atoms with Crippen molar-refractivity contribution in [3.63, 3.8) is 0 Å². The molecule has 0 saturated carbocycles. The lowest BCUT2D eigenvalue weighted by atomic mass is 10.1. The van der Waals surface area contributed by atoms with E-state index in [4.69, 9.17) is 0 Å². The maximum Gasteiger partial charge on any atom is 0.154 e. The van der Waals surface area contributed by atoms with Crippen LogP contribution in [0.5, 0.6) is 0 Å². The van der Waals surface area contributed by atoms with Crippen LogP contribution in [0.3, 0.4) is 0 Å². The van der Waals surface area contributed by atoms with E-state index >= 15 is 0 Å². The molecule has 2 heterocycles. The van der Waals surface area contributed by atoms with Crippen LogP contribution >= 0.6 is 0 Å². The Kier molecular flexibility index (Phi) is 2.23. The van der Waals surface area contributed by atoms with Crippen LogP contribution in [0.4, 0.5) is 0 Å². The van der Waals surface area contributed by atoms with Crippen molar-refractivity contribution in [2.45, 2.75) is 33.1 Å². The molecule has 3 nitrogen and oxygen atoms in total. The maximum absolute atomic E-state index is 4.47. The molecule has 0 saturated heterocycles.